The van der Waals surface area contributed by atoms with Crippen molar-refractivity contribution in [3.05, 3.63) is 0 Å². The molecule has 12 heavy (non-hydrogen) atoms. The van der Waals surface area contributed by atoms with Gasteiger partial charge in [-0.1, -0.05) is 0 Å². The van der Waals surface area contributed by atoms with Gasteiger partial charge in [-0.25, -0.2) is 0 Å². The van der Waals surface area contributed by atoms with Crippen molar-refractivity contribution in [3.63, 3.8) is 0 Å². The second-order valence-corrected chi connectivity index (χ2v) is 5.01. The molecule has 0 aliphatic carbocycles. The second kappa shape index (κ2) is 3.35. The SMILES string of the molecule is CC1(C)CCOCCC(C)(C)N1. The summed E-state index contributed by atoms with van der Waals surface area (Å²) >= 11 is 0. The minimum Gasteiger partial charge on any atom is -0.381 e. The third-order valence-electron chi connectivity index (χ3n) is 2.42. The zero-order valence-electron chi connectivity index (χ0n) is 8.74. The predicted molar refractivity (Wildman–Crippen MR) is 51.3 cm³/mol. The minimum absolute atomic E-state index is 0.212. The van der Waals surface area contributed by atoms with Crippen molar-refractivity contribution in [1.29, 1.82) is 0 Å². The summed E-state index contributed by atoms with van der Waals surface area (Å²) in [7, 11) is 0. The van der Waals surface area contributed by atoms with Gasteiger partial charge in [0.1, 0.15) is 0 Å². The van der Waals surface area contributed by atoms with Crippen LogP contribution in [-0.2, 0) is 4.74 Å². The van der Waals surface area contributed by atoms with E-state index in [4.69, 9.17) is 4.74 Å². The predicted octanol–water partition coefficient (Wildman–Crippen LogP) is 1.94. The van der Waals surface area contributed by atoms with Crippen LogP contribution in [0.1, 0.15) is 40.5 Å². The Balaban J connectivity index is 2.58. The molecule has 0 amide bonds. The first-order valence-electron chi connectivity index (χ1n) is 4.78. The number of nitrogens with one attached hydrogen (secondary N) is 1. The number of hydrogen-bond acceptors (Lipinski definition) is 2. The van der Waals surface area contributed by atoms with Crippen molar-refractivity contribution in [2.45, 2.75) is 51.6 Å². The van der Waals surface area contributed by atoms with Crippen LogP contribution in [0.25, 0.3) is 0 Å². The van der Waals surface area contributed by atoms with E-state index in [-0.39, 0.29) is 11.1 Å². The maximum Gasteiger partial charge on any atom is 0.0483 e. The van der Waals surface area contributed by atoms with Crippen molar-refractivity contribution >= 4 is 0 Å². The van der Waals surface area contributed by atoms with E-state index in [2.05, 4.69) is 33.0 Å². The summed E-state index contributed by atoms with van der Waals surface area (Å²) in [5, 5.41) is 3.65. The Bertz CT molecular complexity index is 136. The van der Waals surface area contributed by atoms with Crippen molar-refractivity contribution in [2.24, 2.45) is 0 Å². The molecular weight excluding hydrogens is 150 g/mol. The minimum atomic E-state index is 0.212. The van der Waals surface area contributed by atoms with Gasteiger partial charge in [0.25, 0.3) is 0 Å². The Morgan fingerprint density at radius 3 is 1.75 bits per heavy atom. The third-order valence-corrected chi connectivity index (χ3v) is 2.42. The first kappa shape index (κ1) is 10.0. The molecule has 1 rings (SSSR count). The highest BCUT2D eigenvalue weighted by Gasteiger charge is 2.28. The molecule has 72 valence electrons. The van der Waals surface area contributed by atoms with E-state index in [1.807, 2.05) is 0 Å². The summed E-state index contributed by atoms with van der Waals surface area (Å²) in [6, 6.07) is 0. The van der Waals surface area contributed by atoms with E-state index >= 15 is 0 Å². The van der Waals surface area contributed by atoms with Crippen LogP contribution in [0, 0.1) is 0 Å². The molecule has 0 radical (unpaired) electrons. The molecule has 0 aromatic heterocycles. The van der Waals surface area contributed by atoms with Crippen molar-refractivity contribution in [1.82, 2.24) is 5.32 Å². The molecule has 1 fully saturated rings. The standard InChI is InChI=1S/C10H21NO/c1-9(2)5-7-12-8-6-10(3,4)11-9/h11H,5-8H2,1-4H3. The Hall–Kier alpha value is -0.0800. The summed E-state index contributed by atoms with van der Waals surface area (Å²) in [4.78, 5) is 0. The summed E-state index contributed by atoms with van der Waals surface area (Å²) in [5.74, 6) is 0. The Labute approximate surface area is 75.7 Å². The molecule has 1 saturated heterocycles. The molecule has 0 bridgehead atoms. The molecule has 0 unspecified atom stereocenters. The van der Waals surface area contributed by atoms with E-state index in [9.17, 15) is 0 Å². The first-order chi connectivity index (χ1) is 5.41. The summed E-state index contributed by atoms with van der Waals surface area (Å²) in [6.45, 7) is 10.7. The second-order valence-electron chi connectivity index (χ2n) is 5.01. The van der Waals surface area contributed by atoms with Gasteiger partial charge in [-0.3, -0.25) is 0 Å². The molecule has 0 aromatic carbocycles. The molecule has 1 N–H and O–H groups in total. The molecular formula is C10H21NO. The van der Waals surface area contributed by atoms with E-state index in [0.29, 0.717) is 0 Å². The van der Waals surface area contributed by atoms with Crippen LogP contribution in [0.4, 0.5) is 0 Å². The lowest BCUT2D eigenvalue weighted by atomic mass is 9.92. The molecule has 2 heteroatoms. The molecule has 1 aliphatic heterocycles. The molecule has 0 atom stereocenters. The number of ether oxygens (including phenoxy) is 1. The molecule has 1 heterocycles. The smallest absolute Gasteiger partial charge is 0.0483 e. The van der Waals surface area contributed by atoms with Crippen LogP contribution in [0.15, 0.2) is 0 Å². The van der Waals surface area contributed by atoms with Crippen molar-refractivity contribution < 1.29 is 4.74 Å². The normalized spacial score (nSPS) is 29.0. The largest absolute Gasteiger partial charge is 0.381 e. The maximum atomic E-state index is 5.51. The van der Waals surface area contributed by atoms with Gasteiger partial charge in [0, 0.05) is 24.3 Å². The highest BCUT2D eigenvalue weighted by molar-refractivity contribution is 4.89. The topological polar surface area (TPSA) is 21.3 Å². The zero-order chi connectivity index (χ0) is 9.24. The van der Waals surface area contributed by atoms with Gasteiger partial charge in [0.05, 0.1) is 0 Å². The molecule has 2 nitrogen and oxygen atoms in total. The lowest BCUT2D eigenvalue weighted by Gasteiger charge is -2.39. The van der Waals surface area contributed by atoms with E-state index in [1.165, 1.54) is 0 Å². The lowest BCUT2D eigenvalue weighted by Crippen LogP contribution is -2.54. The molecule has 0 saturated carbocycles. The van der Waals surface area contributed by atoms with Gasteiger partial charge in [-0.2, -0.15) is 0 Å². The highest BCUT2D eigenvalue weighted by Crippen LogP contribution is 2.20. The van der Waals surface area contributed by atoms with Crippen LogP contribution >= 0.6 is 0 Å². The monoisotopic (exact) mass is 171 g/mol. The van der Waals surface area contributed by atoms with Crippen LogP contribution in [0.2, 0.25) is 0 Å². The average molecular weight is 171 g/mol. The molecule has 0 spiro atoms. The lowest BCUT2D eigenvalue weighted by molar-refractivity contribution is 0.0602. The summed E-state index contributed by atoms with van der Waals surface area (Å²) in [5.41, 5.74) is 0.424. The average Bonchev–Trinajstić information content (AvgIpc) is 1.80. The third kappa shape index (κ3) is 3.11. The zero-order valence-corrected chi connectivity index (χ0v) is 8.74. The quantitative estimate of drug-likeness (QED) is 0.601. The maximum absolute atomic E-state index is 5.51. The highest BCUT2D eigenvalue weighted by atomic mass is 16.5. The van der Waals surface area contributed by atoms with Crippen molar-refractivity contribution in [3.8, 4) is 0 Å². The van der Waals surface area contributed by atoms with Gasteiger partial charge in [-0.05, 0) is 40.5 Å². The van der Waals surface area contributed by atoms with Gasteiger partial charge in [-0.15, -0.1) is 0 Å². The van der Waals surface area contributed by atoms with Crippen LogP contribution < -0.4 is 5.32 Å². The number of hydrogen-bond donors (Lipinski definition) is 1. The van der Waals surface area contributed by atoms with Gasteiger partial charge < -0.3 is 10.1 Å². The van der Waals surface area contributed by atoms with Gasteiger partial charge >= 0.3 is 0 Å². The summed E-state index contributed by atoms with van der Waals surface area (Å²) < 4.78 is 5.51. The molecule has 0 aromatic rings. The van der Waals surface area contributed by atoms with Gasteiger partial charge in [0.15, 0.2) is 0 Å². The van der Waals surface area contributed by atoms with Crippen molar-refractivity contribution in [2.75, 3.05) is 13.2 Å². The van der Waals surface area contributed by atoms with Crippen LogP contribution in [0.3, 0.4) is 0 Å². The van der Waals surface area contributed by atoms with E-state index in [1.54, 1.807) is 0 Å². The van der Waals surface area contributed by atoms with E-state index in [0.717, 1.165) is 26.1 Å². The van der Waals surface area contributed by atoms with Crippen LogP contribution in [-0.4, -0.2) is 24.3 Å². The Kier molecular flexibility index (Phi) is 2.79. The van der Waals surface area contributed by atoms with Crippen LogP contribution in [0.5, 0.6) is 0 Å². The van der Waals surface area contributed by atoms with Gasteiger partial charge in [0.2, 0.25) is 0 Å². The fraction of sp³-hybridized carbons (Fsp3) is 1.00. The first-order valence-corrected chi connectivity index (χ1v) is 4.78. The number of rotatable bonds is 0. The van der Waals surface area contributed by atoms with E-state index < -0.39 is 0 Å². The molecule has 1 aliphatic rings. The summed E-state index contributed by atoms with van der Waals surface area (Å²) in [6.07, 6.45) is 2.19. The Morgan fingerprint density at radius 1 is 0.917 bits per heavy atom. The Morgan fingerprint density at radius 2 is 1.33 bits per heavy atom. The fourth-order valence-corrected chi connectivity index (χ4v) is 1.80. The fourth-order valence-electron chi connectivity index (χ4n) is 1.80.